The van der Waals surface area contributed by atoms with E-state index in [4.69, 9.17) is 9.40 Å². The maximum atomic E-state index is 5.41. The fraction of sp³-hybridized carbons (Fsp3) is 0.214. The van der Waals surface area contributed by atoms with Gasteiger partial charge in [-0.15, -0.1) is 10.2 Å². The molecule has 5 nitrogen and oxygen atoms in total. The molecular weight excluding hydrogens is 272 g/mol. The van der Waals surface area contributed by atoms with E-state index in [1.165, 1.54) is 11.8 Å². The monoisotopic (exact) mass is 286 g/mol. The van der Waals surface area contributed by atoms with Gasteiger partial charge in [0.2, 0.25) is 5.89 Å². The SMILES string of the molecule is CNCc1cc2ccccc2nc1Sc1nnc(C)o1. The molecule has 0 spiro atoms. The third kappa shape index (κ3) is 2.66. The van der Waals surface area contributed by atoms with Crippen LogP contribution in [0.2, 0.25) is 0 Å². The number of rotatable bonds is 4. The van der Waals surface area contributed by atoms with Crippen molar-refractivity contribution in [2.45, 2.75) is 23.7 Å². The molecule has 102 valence electrons. The minimum Gasteiger partial charge on any atom is -0.416 e. The standard InChI is InChI=1S/C14H14N4OS/c1-9-17-18-14(19-9)20-13-11(8-15-2)7-10-5-3-4-6-12(10)16-13/h3-7,15H,8H2,1-2H3. The van der Waals surface area contributed by atoms with E-state index < -0.39 is 0 Å². The van der Waals surface area contributed by atoms with Gasteiger partial charge in [-0.1, -0.05) is 18.2 Å². The number of nitrogens with zero attached hydrogens (tertiary/aromatic N) is 3. The molecule has 0 saturated carbocycles. The van der Waals surface area contributed by atoms with Crippen LogP contribution in [0, 0.1) is 6.92 Å². The molecule has 1 aromatic carbocycles. The topological polar surface area (TPSA) is 63.8 Å². The first-order chi connectivity index (χ1) is 9.76. The Bertz CT molecular complexity index is 741. The molecule has 0 amide bonds. The van der Waals surface area contributed by atoms with E-state index in [1.807, 2.05) is 25.2 Å². The van der Waals surface area contributed by atoms with Gasteiger partial charge in [-0.05, 0) is 36.5 Å². The predicted molar refractivity (Wildman–Crippen MR) is 77.7 cm³/mol. The van der Waals surface area contributed by atoms with Gasteiger partial charge in [0, 0.05) is 18.9 Å². The van der Waals surface area contributed by atoms with Gasteiger partial charge in [-0.3, -0.25) is 0 Å². The van der Waals surface area contributed by atoms with Crippen molar-refractivity contribution in [1.29, 1.82) is 0 Å². The number of aryl methyl sites for hydroxylation is 1. The highest BCUT2D eigenvalue weighted by Gasteiger charge is 2.12. The van der Waals surface area contributed by atoms with Gasteiger partial charge in [-0.2, -0.15) is 0 Å². The van der Waals surface area contributed by atoms with Gasteiger partial charge in [0.25, 0.3) is 5.22 Å². The zero-order valence-electron chi connectivity index (χ0n) is 11.3. The summed E-state index contributed by atoms with van der Waals surface area (Å²) >= 11 is 1.40. The molecule has 1 N–H and O–H groups in total. The Labute approximate surface area is 120 Å². The van der Waals surface area contributed by atoms with E-state index in [2.05, 4.69) is 27.6 Å². The summed E-state index contributed by atoms with van der Waals surface area (Å²) in [5, 5.41) is 13.5. The van der Waals surface area contributed by atoms with Crippen LogP contribution in [-0.4, -0.2) is 22.2 Å². The number of hydrogen-bond donors (Lipinski definition) is 1. The number of para-hydroxylation sites is 1. The van der Waals surface area contributed by atoms with Crippen LogP contribution in [0.15, 0.2) is 45.0 Å². The van der Waals surface area contributed by atoms with Crippen LogP contribution in [0.25, 0.3) is 10.9 Å². The van der Waals surface area contributed by atoms with Crippen LogP contribution in [-0.2, 0) is 6.54 Å². The third-order valence-electron chi connectivity index (χ3n) is 2.82. The Morgan fingerprint density at radius 1 is 1.25 bits per heavy atom. The highest BCUT2D eigenvalue weighted by Crippen LogP contribution is 2.30. The van der Waals surface area contributed by atoms with Gasteiger partial charge in [0.15, 0.2) is 0 Å². The van der Waals surface area contributed by atoms with Crippen molar-refractivity contribution in [2.24, 2.45) is 0 Å². The van der Waals surface area contributed by atoms with Crippen LogP contribution in [0.4, 0.5) is 0 Å². The zero-order chi connectivity index (χ0) is 13.9. The smallest absolute Gasteiger partial charge is 0.282 e. The third-order valence-corrected chi connectivity index (χ3v) is 3.71. The van der Waals surface area contributed by atoms with Crippen LogP contribution in [0.1, 0.15) is 11.5 Å². The van der Waals surface area contributed by atoms with Crippen molar-refractivity contribution in [3.05, 3.63) is 41.8 Å². The molecule has 0 aliphatic rings. The predicted octanol–water partition coefficient (Wildman–Crippen LogP) is 2.80. The lowest BCUT2D eigenvalue weighted by Crippen LogP contribution is -2.07. The molecule has 0 unspecified atom stereocenters. The Hall–Kier alpha value is -1.92. The first-order valence-electron chi connectivity index (χ1n) is 6.27. The second-order valence-corrected chi connectivity index (χ2v) is 5.30. The largest absolute Gasteiger partial charge is 0.416 e. The molecular formula is C14H14N4OS. The van der Waals surface area contributed by atoms with E-state index in [9.17, 15) is 0 Å². The Balaban J connectivity index is 2.04. The molecule has 0 bridgehead atoms. The van der Waals surface area contributed by atoms with E-state index in [-0.39, 0.29) is 0 Å². The zero-order valence-corrected chi connectivity index (χ0v) is 12.1. The van der Waals surface area contributed by atoms with Gasteiger partial charge < -0.3 is 9.73 Å². The van der Waals surface area contributed by atoms with Crippen LogP contribution in [0.3, 0.4) is 0 Å². The van der Waals surface area contributed by atoms with E-state index in [1.54, 1.807) is 6.92 Å². The lowest BCUT2D eigenvalue weighted by atomic mass is 10.1. The minimum absolute atomic E-state index is 0.516. The summed E-state index contributed by atoms with van der Waals surface area (Å²) < 4.78 is 5.41. The average Bonchev–Trinajstić information content (AvgIpc) is 2.85. The number of benzene rings is 1. The van der Waals surface area contributed by atoms with Crippen LogP contribution in [0.5, 0.6) is 0 Å². The molecule has 3 rings (SSSR count). The minimum atomic E-state index is 0.516. The van der Waals surface area contributed by atoms with E-state index in [0.29, 0.717) is 11.1 Å². The summed E-state index contributed by atoms with van der Waals surface area (Å²) in [5.74, 6) is 0.559. The number of fused-ring (bicyclic) bond motifs is 1. The second-order valence-electron chi connectivity index (χ2n) is 4.36. The first kappa shape index (κ1) is 13.1. The van der Waals surface area contributed by atoms with Crippen molar-refractivity contribution >= 4 is 22.7 Å². The number of hydrogen-bond acceptors (Lipinski definition) is 6. The number of pyridine rings is 1. The molecule has 0 aliphatic carbocycles. The highest BCUT2D eigenvalue weighted by molar-refractivity contribution is 7.99. The molecule has 3 aromatic rings. The highest BCUT2D eigenvalue weighted by atomic mass is 32.2. The summed E-state index contributed by atoms with van der Waals surface area (Å²) in [6.45, 7) is 2.52. The van der Waals surface area contributed by atoms with Gasteiger partial charge >= 0.3 is 0 Å². The fourth-order valence-electron chi connectivity index (χ4n) is 1.95. The lowest BCUT2D eigenvalue weighted by molar-refractivity contribution is 0.429. The molecule has 0 radical (unpaired) electrons. The fourth-order valence-corrected chi connectivity index (χ4v) is 2.77. The van der Waals surface area contributed by atoms with Gasteiger partial charge in [0.1, 0.15) is 5.03 Å². The van der Waals surface area contributed by atoms with Gasteiger partial charge in [0.05, 0.1) is 5.52 Å². The molecule has 2 aromatic heterocycles. The Morgan fingerprint density at radius 3 is 2.85 bits per heavy atom. The quantitative estimate of drug-likeness (QED) is 0.795. The number of aromatic nitrogens is 3. The van der Waals surface area contributed by atoms with Crippen molar-refractivity contribution in [2.75, 3.05) is 7.05 Å². The summed E-state index contributed by atoms with van der Waals surface area (Å²) in [4.78, 5) is 4.69. The van der Waals surface area contributed by atoms with Crippen molar-refractivity contribution in [3.63, 3.8) is 0 Å². The molecule has 2 heterocycles. The molecule has 6 heteroatoms. The molecule has 0 fully saturated rings. The molecule has 0 aliphatic heterocycles. The van der Waals surface area contributed by atoms with Gasteiger partial charge in [-0.25, -0.2) is 4.98 Å². The molecule has 20 heavy (non-hydrogen) atoms. The maximum Gasteiger partial charge on any atom is 0.282 e. The van der Waals surface area contributed by atoms with Crippen molar-refractivity contribution < 1.29 is 4.42 Å². The summed E-state index contributed by atoms with van der Waals surface area (Å²) in [5.41, 5.74) is 2.08. The Morgan fingerprint density at radius 2 is 2.10 bits per heavy atom. The van der Waals surface area contributed by atoms with Crippen molar-refractivity contribution in [1.82, 2.24) is 20.5 Å². The van der Waals surface area contributed by atoms with Crippen LogP contribution < -0.4 is 5.32 Å². The number of nitrogens with one attached hydrogen (secondary N) is 1. The van der Waals surface area contributed by atoms with Crippen molar-refractivity contribution in [3.8, 4) is 0 Å². The summed E-state index contributed by atoms with van der Waals surface area (Å²) in [7, 11) is 1.92. The summed E-state index contributed by atoms with van der Waals surface area (Å²) in [6, 6.07) is 10.2. The summed E-state index contributed by atoms with van der Waals surface area (Å²) in [6.07, 6.45) is 0. The van der Waals surface area contributed by atoms with E-state index >= 15 is 0 Å². The maximum absolute atomic E-state index is 5.41. The normalized spacial score (nSPS) is 11.1. The Kier molecular flexibility index (Phi) is 3.66. The lowest BCUT2D eigenvalue weighted by Gasteiger charge is -2.08. The second kappa shape index (κ2) is 5.60. The van der Waals surface area contributed by atoms with E-state index in [0.717, 1.165) is 28.0 Å². The van der Waals surface area contributed by atoms with Crippen LogP contribution >= 0.6 is 11.8 Å². The molecule has 0 atom stereocenters. The molecule has 0 saturated heterocycles. The first-order valence-corrected chi connectivity index (χ1v) is 7.09. The average molecular weight is 286 g/mol.